The first kappa shape index (κ1) is 16.2. The van der Waals surface area contributed by atoms with Gasteiger partial charge in [0.05, 0.1) is 10.6 Å². The van der Waals surface area contributed by atoms with Gasteiger partial charge in [-0.15, -0.1) is 0 Å². The minimum atomic E-state index is -0.161. The van der Waals surface area contributed by atoms with Crippen molar-refractivity contribution in [2.45, 2.75) is 0 Å². The predicted octanol–water partition coefficient (Wildman–Crippen LogP) is 3.99. The number of carbonyl (C=O) groups is 1. The molecule has 6 heteroatoms. The molecule has 118 valence electrons. The van der Waals surface area contributed by atoms with E-state index in [2.05, 4.69) is 0 Å². The Morgan fingerprint density at radius 1 is 1.17 bits per heavy atom. The van der Waals surface area contributed by atoms with Crippen molar-refractivity contribution >= 4 is 46.0 Å². The largest absolute Gasteiger partial charge is 0.478 e. The highest BCUT2D eigenvalue weighted by Gasteiger charge is 2.33. The predicted molar refractivity (Wildman–Crippen MR) is 99.6 cm³/mol. The summed E-state index contributed by atoms with van der Waals surface area (Å²) in [7, 11) is 0. The van der Waals surface area contributed by atoms with Gasteiger partial charge in [-0.3, -0.25) is 9.69 Å². The van der Waals surface area contributed by atoms with Gasteiger partial charge in [-0.25, -0.2) is 0 Å². The number of thioether (sulfide) groups is 1. The smallest absolute Gasteiger partial charge is 0.270 e. The van der Waals surface area contributed by atoms with Gasteiger partial charge in [0.2, 0.25) is 0 Å². The van der Waals surface area contributed by atoms with Crippen LogP contribution < -0.4 is 9.64 Å². The zero-order chi connectivity index (χ0) is 16.9. The van der Waals surface area contributed by atoms with E-state index in [4.69, 9.17) is 22.2 Å². The van der Waals surface area contributed by atoms with Gasteiger partial charge < -0.3 is 4.74 Å². The van der Waals surface area contributed by atoms with E-state index in [-0.39, 0.29) is 12.5 Å². The molecule has 0 spiro atoms. The van der Waals surface area contributed by atoms with Crippen LogP contribution >= 0.6 is 24.0 Å². The lowest BCUT2D eigenvalue weighted by Gasteiger charge is -2.13. The zero-order valence-corrected chi connectivity index (χ0v) is 14.1. The Morgan fingerprint density at radius 3 is 2.62 bits per heavy atom. The molecule has 4 nitrogen and oxygen atoms in total. The van der Waals surface area contributed by atoms with Crippen LogP contribution in [0.2, 0.25) is 0 Å². The number of hydrogen-bond donors (Lipinski definition) is 0. The number of thiocarbonyl (C=S) groups is 1. The molecule has 1 heterocycles. The summed E-state index contributed by atoms with van der Waals surface area (Å²) < 4.78 is 5.89. The number of ether oxygens (including phenoxy) is 1. The van der Waals surface area contributed by atoms with Gasteiger partial charge in [-0.2, -0.15) is 5.26 Å². The molecule has 0 aliphatic carbocycles. The molecule has 1 amide bonds. The summed E-state index contributed by atoms with van der Waals surface area (Å²) >= 11 is 6.60. The van der Waals surface area contributed by atoms with Crippen LogP contribution in [-0.2, 0) is 4.79 Å². The quantitative estimate of drug-likeness (QED) is 0.615. The number of hydrogen-bond acceptors (Lipinski definition) is 5. The van der Waals surface area contributed by atoms with Crippen molar-refractivity contribution in [3.63, 3.8) is 0 Å². The Labute approximate surface area is 149 Å². The lowest BCUT2D eigenvalue weighted by molar-refractivity contribution is -0.113. The molecule has 0 radical (unpaired) electrons. The van der Waals surface area contributed by atoms with E-state index < -0.39 is 0 Å². The molecule has 1 aliphatic heterocycles. The zero-order valence-electron chi connectivity index (χ0n) is 12.5. The van der Waals surface area contributed by atoms with Crippen molar-refractivity contribution in [3.8, 4) is 11.8 Å². The average molecular weight is 352 g/mol. The SMILES string of the molecule is N#CCOc1ccccc1/C=C1/SC(=S)N(c2ccccc2)C1=O. The molecular weight excluding hydrogens is 340 g/mol. The fourth-order valence-electron chi connectivity index (χ4n) is 2.25. The van der Waals surface area contributed by atoms with Crippen molar-refractivity contribution in [2.75, 3.05) is 11.5 Å². The summed E-state index contributed by atoms with van der Waals surface area (Å²) in [5.41, 5.74) is 1.48. The van der Waals surface area contributed by atoms with Crippen LogP contribution in [0.25, 0.3) is 6.08 Å². The van der Waals surface area contributed by atoms with Crippen molar-refractivity contribution in [3.05, 3.63) is 65.1 Å². The first-order chi connectivity index (χ1) is 11.7. The van der Waals surface area contributed by atoms with Gasteiger partial charge >= 0.3 is 0 Å². The molecule has 1 saturated heterocycles. The molecule has 0 bridgehead atoms. The van der Waals surface area contributed by atoms with Crippen molar-refractivity contribution in [1.29, 1.82) is 5.26 Å². The minimum Gasteiger partial charge on any atom is -0.478 e. The number of anilines is 1. The molecule has 24 heavy (non-hydrogen) atoms. The summed E-state index contributed by atoms with van der Waals surface area (Å²) in [6.45, 7) is -0.0458. The Morgan fingerprint density at radius 2 is 1.88 bits per heavy atom. The number of nitriles is 1. The lowest BCUT2D eigenvalue weighted by atomic mass is 10.2. The van der Waals surface area contributed by atoms with E-state index in [0.717, 1.165) is 11.3 Å². The molecule has 2 aromatic rings. The Balaban J connectivity index is 1.92. The number of nitrogens with zero attached hydrogens (tertiary/aromatic N) is 2. The summed E-state index contributed by atoms with van der Waals surface area (Å²) in [5.74, 6) is 0.398. The van der Waals surface area contributed by atoms with Gasteiger partial charge in [0.15, 0.2) is 10.9 Å². The van der Waals surface area contributed by atoms with Crippen molar-refractivity contribution in [2.24, 2.45) is 0 Å². The van der Waals surface area contributed by atoms with E-state index >= 15 is 0 Å². The number of benzene rings is 2. The Bertz CT molecular complexity index is 857. The van der Waals surface area contributed by atoms with Crippen LogP contribution in [-0.4, -0.2) is 16.8 Å². The summed E-state index contributed by atoms with van der Waals surface area (Å²) in [4.78, 5) is 14.7. The summed E-state index contributed by atoms with van der Waals surface area (Å²) in [6.07, 6.45) is 1.74. The van der Waals surface area contributed by atoms with E-state index in [0.29, 0.717) is 15.0 Å². The monoisotopic (exact) mass is 352 g/mol. The first-order valence-corrected chi connectivity index (χ1v) is 8.35. The van der Waals surface area contributed by atoms with Crippen LogP contribution in [0.5, 0.6) is 5.75 Å². The van der Waals surface area contributed by atoms with E-state index in [1.54, 1.807) is 12.1 Å². The lowest BCUT2D eigenvalue weighted by Crippen LogP contribution is -2.27. The Kier molecular flexibility index (Phi) is 4.94. The first-order valence-electron chi connectivity index (χ1n) is 7.12. The third-order valence-corrected chi connectivity index (χ3v) is 4.61. The number of amides is 1. The Hall–Kier alpha value is -2.62. The number of rotatable bonds is 4. The van der Waals surface area contributed by atoms with Crippen LogP contribution in [0, 0.1) is 11.3 Å². The van der Waals surface area contributed by atoms with Crippen molar-refractivity contribution in [1.82, 2.24) is 0 Å². The van der Waals surface area contributed by atoms with E-state index in [1.165, 1.54) is 16.7 Å². The van der Waals surface area contributed by atoms with Gasteiger partial charge in [0.1, 0.15) is 11.8 Å². The molecule has 0 aromatic heterocycles. The van der Waals surface area contributed by atoms with E-state index in [1.807, 2.05) is 54.6 Å². The molecule has 1 fully saturated rings. The molecule has 1 aliphatic rings. The maximum atomic E-state index is 12.7. The van der Waals surface area contributed by atoms with Gasteiger partial charge in [0, 0.05) is 5.56 Å². The molecule has 3 rings (SSSR count). The maximum absolute atomic E-state index is 12.7. The van der Waals surface area contributed by atoms with Gasteiger partial charge in [0.25, 0.3) is 5.91 Å². The average Bonchev–Trinajstić information content (AvgIpc) is 2.88. The highest BCUT2D eigenvalue weighted by molar-refractivity contribution is 8.27. The van der Waals surface area contributed by atoms with Crippen LogP contribution in [0.3, 0.4) is 0 Å². The van der Waals surface area contributed by atoms with Crippen molar-refractivity contribution < 1.29 is 9.53 Å². The third kappa shape index (κ3) is 3.32. The van der Waals surface area contributed by atoms with Crippen LogP contribution in [0.1, 0.15) is 5.56 Å². The molecular formula is C18H12N2O2S2. The normalized spacial score (nSPS) is 15.6. The molecule has 2 aromatic carbocycles. The van der Waals surface area contributed by atoms with Gasteiger partial charge in [-0.05, 0) is 24.3 Å². The topological polar surface area (TPSA) is 53.3 Å². The number of para-hydroxylation sites is 2. The fourth-order valence-corrected chi connectivity index (χ4v) is 3.54. The molecule has 0 atom stereocenters. The second kappa shape index (κ2) is 7.30. The van der Waals surface area contributed by atoms with Gasteiger partial charge in [-0.1, -0.05) is 60.4 Å². The minimum absolute atomic E-state index is 0.0458. The van der Waals surface area contributed by atoms with Crippen LogP contribution in [0.4, 0.5) is 5.69 Å². The third-order valence-electron chi connectivity index (χ3n) is 3.31. The van der Waals surface area contributed by atoms with E-state index in [9.17, 15) is 4.79 Å². The molecule has 0 unspecified atom stereocenters. The summed E-state index contributed by atoms with van der Waals surface area (Å²) in [6, 6.07) is 18.5. The second-order valence-electron chi connectivity index (χ2n) is 4.84. The summed E-state index contributed by atoms with van der Waals surface area (Å²) in [5, 5.41) is 8.67. The number of carbonyl (C=O) groups excluding carboxylic acids is 1. The standard InChI is InChI=1S/C18H12N2O2S2/c19-10-11-22-15-9-5-4-6-13(15)12-16-17(21)20(18(23)24-16)14-7-2-1-3-8-14/h1-9,12H,11H2/b16-12+. The molecule has 0 saturated carbocycles. The van der Waals surface area contributed by atoms with Crippen LogP contribution in [0.15, 0.2) is 59.5 Å². The second-order valence-corrected chi connectivity index (χ2v) is 6.51. The highest BCUT2D eigenvalue weighted by Crippen LogP contribution is 2.36. The maximum Gasteiger partial charge on any atom is 0.270 e. The fraction of sp³-hybridized carbons (Fsp3) is 0.0556. The highest BCUT2D eigenvalue weighted by atomic mass is 32.2. The molecule has 0 N–H and O–H groups in total.